The molecule has 6 nitrogen and oxygen atoms in total. The van der Waals surface area contributed by atoms with Crippen LogP contribution in [0.2, 0.25) is 0 Å². The number of aliphatic hydroxyl groups is 3. The monoisotopic (exact) mass is 334 g/mol. The molecule has 1 saturated heterocycles. The van der Waals surface area contributed by atoms with Crippen LogP contribution in [0.15, 0.2) is 0 Å². The first-order valence-electron chi connectivity index (χ1n) is 8.90. The number of carbonyl (C=O) groups is 1. The highest BCUT2D eigenvalue weighted by Gasteiger charge is 2.37. The van der Waals surface area contributed by atoms with Crippen molar-refractivity contribution in [3.8, 4) is 0 Å². The van der Waals surface area contributed by atoms with Gasteiger partial charge in [0.1, 0.15) is 0 Å². The molecule has 0 aromatic heterocycles. The quantitative estimate of drug-likeness (QED) is 0.677. The molecule has 0 saturated carbocycles. The molecule has 140 valence electrons. The third-order valence-corrected chi connectivity index (χ3v) is 3.65. The van der Waals surface area contributed by atoms with Gasteiger partial charge < -0.3 is 20.2 Å². The van der Waals surface area contributed by atoms with Crippen LogP contribution in [0, 0.1) is 0 Å². The van der Waals surface area contributed by atoms with Crippen LogP contribution >= 0.6 is 0 Å². The van der Waals surface area contributed by atoms with E-state index in [1.54, 1.807) is 4.90 Å². The van der Waals surface area contributed by atoms with Crippen molar-refractivity contribution in [2.45, 2.75) is 59.4 Å². The van der Waals surface area contributed by atoms with Crippen LogP contribution in [0.5, 0.6) is 0 Å². The Kier molecular flexibility index (Phi) is 15.9. The third kappa shape index (κ3) is 8.11. The summed E-state index contributed by atoms with van der Waals surface area (Å²) >= 11 is 0. The average Bonchev–Trinajstić information content (AvgIpc) is 2.60. The van der Waals surface area contributed by atoms with Gasteiger partial charge in [-0.2, -0.15) is 0 Å². The van der Waals surface area contributed by atoms with Gasteiger partial charge in [-0.1, -0.05) is 41.0 Å². The van der Waals surface area contributed by atoms with Gasteiger partial charge in [0.15, 0.2) is 0 Å². The summed E-state index contributed by atoms with van der Waals surface area (Å²) in [6.45, 7) is 11.7. The minimum absolute atomic E-state index is 0.153. The highest BCUT2D eigenvalue weighted by Crippen LogP contribution is 2.17. The lowest BCUT2D eigenvalue weighted by Gasteiger charge is -2.45. The first kappa shape index (κ1) is 24.6. The molecule has 0 radical (unpaired) electrons. The van der Waals surface area contributed by atoms with Crippen LogP contribution in [-0.2, 0) is 4.79 Å². The van der Waals surface area contributed by atoms with E-state index in [4.69, 9.17) is 0 Å². The largest absolute Gasteiger partial charge is 0.394 e. The van der Waals surface area contributed by atoms with Crippen LogP contribution in [0.1, 0.15) is 53.9 Å². The van der Waals surface area contributed by atoms with E-state index in [-0.39, 0.29) is 25.7 Å². The van der Waals surface area contributed by atoms with E-state index < -0.39 is 5.54 Å². The molecule has 6 heteroatoms. The molecule has 0 spiro atoms. The molecule has 1 rings (SSSR count). The number of rotatable bonds is 6. The Morgan fingerprint density at radius 1 is 0.913 bits per heavy atom. The van der Waals surface area contributed by atoms with Crippen LogP contribution < -0.4 is 0 Å². The van der Waals surface area contributed by atoms with E-state index >= 15 is 0 Å². The number of hydrogen-bond donors (Lipinski definition) is 3. The van der Waals surface area contributed by atoms with Crippen LogP contribution in [0.4, 0.5) is 0 Å². The second kappa shape index (κ2) is 14.9. The minimum atomic E-state index is -0.972. The van der Waals surface area contributed by atoms with E-state index in [2.05, 4.69) is 13.8 Å². The van der Waals surface area contributed by atoms with Crippen LogP contribution in [0.3, 0.4) is 0 Å². The van der Waals surface area contributed by atoms with Gasteiger partial charge in [0.25, 0.3) is 0 Å². The molecule has 0 bridgehead atoms. The second-order valence-electron chi connectivity index (χ2n) is 5.52. The van der Waals surface area contributed by atoms with Crippen LogP contribution in [-0.4, -0.2) is 82.6 Å². The standard InChI is InChI=1S/C12H24N2O4.C3H8.C2H6/c1-2-3-11(18)13-4-6-14(7-5-13)12(8-15,9-16)10-17;1-3-2;1-2/h15-17H,2-10H2,1H3;3H2,1-2H3;1-2H3. The molecule has 1 aliphatic rings. The first-order chi connectivity index (χ1) is 11.0. The Hall–Kier alpha value is -0.690. The van der Waals surface area contributed by atoms with Crippen molar-refractivity contribution in [2.24, 2.45) is 0 Å². The van der Waals surface area contributed by atoms with Gasteiger partial charge in [-0.15, -0.1) is 0 Å². The zero-order valence-electron chi connectivity index (χ0n) is 15.7. The van der Waals surface area contributed by atoms with E-state index in [1.807, 2.05) is 25.7 Å². The summed E-state index contributed by atoms with van der Waals surface area (Å²) in [6, 6.07) is 0. The molecule has 1 aliphatic heterocycles. The van der Waals surface area contributed by atoms with E-state index in [1.165, 1.54) is 6.42 Å². The van der Waals surface area contributed by atoms with Crippen LogP contribution in [0.25, 0.3) is 0 Å². The van der Waals surface area contributed by atoms with E-state index in [0.29, 0.717) is 32.6 Å². The number of carbonyl (C=O) groups excluding carboxylic acids is 1. The van der Waals surface area contributed by atoms with Crippen molar-refractivity contribution in [3.63, 3.8) is 0 Å². The maximum atomic E-state index is 11.7. The van der Waals surface area contributed by atoms with Gasteiger partial charge in [-0.3, -0.25) is 9.69 Å². The number of piperazine rings is 1. The maximum absolute atomic E-state index is 11.7. The number of aliphatic hydroxyl groups excluding tert-OH is 3. The summed E-state index contributed by atoms with van der Waals surface area (Å²) in [5, 5.41) is 28.0. The molecule has 0 aliphatic carbocycles. The molecule has 3 N–H and O–H groups in total. The van der Waals surface area contributed by atoms with Crippen molar-refractivity contribution < 1.29 is 20.1 Å². The lowest BCUT2D eigenvalue weighted by atomic mass is 9.99. The molecular formula is C17H38N2O4. The SMILES string of the molecule is CC.CCC.CCCC(=O)N1CCN(C(CO)(CO)CO)CC1. The molecule has 0 unspecified atom stereocenters. The maximum Gasteiger partial charge on any atom is 0.222 e. The predicted octanol–water partition coefficient (Wildman–Crippen LogP) is 1.09. The summed E-state index contributed by atoms with van der Waals surface area (Å²) in [6.07, 6.45) is 2.65. The van der Waals surface area contributed by atoms with Crippen molar-refractivity contribution in [1.29, 1.82) is 0 Å². The van der Waals surface area contributed by atoms with Gasteiger partial charge in [-0.25, -0.2) is 0 Å². The Labute approximate surface area is 142 Å². The topological polar surface area (TPSA) is 84.2 Å². The lowest BCUT2D eigenvalue weighted by molar-refractivity contribution is -0.135. The van der Waals surface area contributed by atoms with Crippen molar-refractivity contribution in [3.05, 3.63) is 0 Å². The Morgan fingerprint density at radius 3 is 1.61 bits per heavy atom. The summed E-state index contributed by atoms with van der Waals surface area (Å²) in [7, 11) is 0. The fraction of sp³-hybridized carbons (Fsp3) is 0.941. The van der Waals surface area contributed by atoms with Gasteiger partial charge in [0.2, 0.25) is 5.91 Å². The van der Waals surface area contributed by atoms with Gasteiger partial charge >= 0.3 is 0 Å². The smallest absolute Gasteiger partial charge is 0.222 e. The number of hydrogen-bond acceptors (Lipinski definition) is 5. The molecule has 23 heavy (non-hydrogen) atoms. The second-order valence-corrected chi connectivity index (χ2v) is 5.52. The predicted molar refractivity (Wildman–Crippen MR) is 94.4 cm³/mol. The molecule has 1 fully saturated rings. The number of nitrogens with zero attached hydrogens (tertiary/aromatic N) is 2. The van der Waals surface area contributed by atoms with E-state index in [0.717, 1.165) is 6.42 Å². The zero-order valence-corrected chi connectivity index (χ0v) is 15.7. The Bertz CT molecular complexity index is 268. The van der Waals surface area contributed by atoms with Crippen molar-refractivity contribution in [1.82, 2.24) is 9.80 Å². The molecule has 0 aromatic carbocycles. The normalized spacial score (nSPS) is 15.2. The molecule has 0 aromatic rings. The fourth-order valence-corrected chi connectivity index (χ4v) is 2.25. The van der Waals surface area contributed by atoms with Crippen molar-refractivity contribution >= 4 is 5.91 Å². The fourth-order valence-electron chi connectivity index (χ4n) is 2.25. The average molecular weight is 335 g/mol. The van der Waals surface area contributed by atoms with Gasteiger partial charge in [0.05, 0.1) is 25.4 Å². The summed E-state index contributed by atoms with van der Waals surface area (Å²) in [5.74, 6) is 0.153. The summed E-state index contributed by atoms with van der Waals surface area (Å²) in [5.41, 5.74) is -0.972. The molecule has 0 atom stereocenters. The summed E-state index contributed by atoms with van der Waals surface area (Å²) < 4.78 is 0. The minimum Gasteiger partial charge on any atom is -0.394 e. The van der Waals surface area contributed by atoms with Gasteiger partial charge in [-0.05, 0) is 6.42 Å². The molecular weight excluding hydrogens is 296 g/mol. The summed E-state index contributed by atoms with van der Waals surface area (Å²) in [4.78, 5) is 15.4. The molecule has 1 amide bonds. The highest BCUT2D eigenvalue weighted by atomic mass is 16.3. The Morgan fingerprint density at radius 2 is 1.30 bits per heavy atom. The number of amides is 1. The van der Waals surface area contributed by atoms with E-state index in [9.17, 15) is 20.1 Å². The third-order valence-electron chi connectivity index (χ3n) is 3.65. The zero-order chi connectivity index (χ0) is 18.3. The highest BCUT2D eigenvalue weighted by molar-refractivity contribution is 5.76. The van der Waals surface area contributed by atoms with Gasteiger partial charge in [0, 0.05) is 32.6 Å². The Balaban J connectivity index is 0. The molecule has 1 heterocycles. The van der Waals surface area contributed by atoms with Crippen molar-refractivity contribution in [2.75, 3.05) is 46.0 Å². The lowest BCUT2D eigenvalue weighted by Crippen LogP contribution is -2.63. The first-order valence-corrected chi connectivity index (χ1v) is 8.90.